The Morgan fingerprint density at radius 3 is 2.72 bits per heavy atom. The SMILES string of the molecule is C[C@@H]1C[C@H](C)CN(C(=O)CSc2nc3ccsc3c(=O)n2CCc2cccs2)C1. The number of hydrogen-bond donors (Lipinski definition) is 0. The number of thioether (sulfide) groups is 1. The fourth-order valence-corrected chi connectivity index (χ4v) is 6.40. The summed E-state index contributed by atoms with van der Waals surface area (Å²) in [6.07, 6.45) is 1.97. The van der Waals surface area contributed by atoms with E-state index >= 15 is 0 Å². The van der Waals surface area contributed by atoms with Gasteiger partial charge in [-0.15, -0.1) is 22.7 Å². The van der Waals surface area contributed by atoms with Gasteiger partial charge >= 0.3 is 0 Å². The number of piperidine rings is 1. The predicted octanol–water partition coefficient (Wildman–Crippen LogP) is 4.36. The Balaban J connectivity index is 1.53. The Bertz CT molecular complexity index is 1030. The summed E-state index contributed by atoms with van der Waals surface area (Å²) in [7, 11) is 0. The third-order valence-corrected chi connectivity index (χ3v) is 8.03. The number of thiophene rings is 2. The number of aryl methyl sites for hydroxylation is 1. The van der Waals surface area contributed by atoms with E-state index in [4.69, 9.17) is 4.98 Å². The van der Waals surface area contributed by atoms with Crippen molar-refractivity contribution >= 4 is 50.6 Å². The third-order valence-electron chi connectivity index (χ3n) is 5.24. The molecule has 0 radical (unpaired) electrons. The van der Waals surface area contributed by atoms with Gasteiger partial charge in [-0.1, -0.05) is 31.7 Å². The van der Waals surface area contributed by atoms with Crippen LogP contribution in [0.1, 0.15) is 25.1 Å². The maximum Gasteiger partial charge on any atom is 0.272 e. The minimum Gasteiger partial charge on any atom is -0.341 e. The van der Waals surface area contributed by atoms with E-state index in [9.17, 15) is 9.59 Å². The summed E-state index contributed by atoms with van der Waals surface area (Å²) in [4.78, 5) is 33.8. The van der Waals surface area contributed by atoms with Gasteiger partial charge in [-0.25, -0.2) is 4.98 Å². The molecule has 1 fully saturated rings. The second-order valence-corrected chi connectivity index (χ2v) is 10.7. The largest absolute Gasteiger partial charge is 0.341 e. The quantitative estimate of drug-likeness (QED) is 0.416. The molecule has 0 saturated carbocycles. The van der Waals surface area contributed by atoms with Crippen molar-refractivity contribution in [3.8, 4) is 0 Å². The molecule has 0 spiro atoms. The standard InChI is InChI=1S/C21H25N3O2S3/c1-14-10-15(2)12-23(11-14)18(25)13-29-21-22-17-6-9-28-19(17)20(26)24(21)7-5-16-4-3-8-27-16/h3-4,6,8-9,14-15H,5,7,10-13H2,1-2H3/t14-,15+. The monoisotopic (exact) mass is 447 g/mol. The molecule has 1 amide bonds. The smallest absolute Gasteiger partial charge is 0.272 e. The fraction of sp³-hybridized carbons (Fsp3) is 0.476. The second-order valence-electron chi connectivity index (χ2n) is 7.85. The molecule has 3 aromatic heterocycles. The van der Waals surface area contributed by atoms with Crippen LogP contribution in [0.4, 0.5) is 0 Å². The van der Waals surface area contributed by atoms with Crippen LogP contribution in [0.25, 0.3) is 10.2 Å². The second kappa shape index (κ2) is 9.02. The van der Waals surface area contributed by atoms with Gasteiger partial charge in [0.25, 0.3) is 5.56 Å². The van der Waals surface area contributed by atoms with Crippen LogP contribution in [0.5, 0.6) is 0 Å². The number of carbonyl (C=O) groups excluding carboxylic acids is 1. The molecule has 3 aromatic rings. The van der Waals surface area contributed by atoms with E-state index < -0.39 is 0 Å². The normalized spacial score (nSPS) is 19.7. The van der Waals surface area contributed by atoms with Crippen molar-refractivity contribution in [1.82, 2.24) is 14.5 Å². The highest BCUT2D eigenvalue weighted by Gasteiger charge is 2.25. The van der Waals surface area contributed by atoms with Crippen LogP contribution < -0.4 is 5.56 Å². The van der Waals surface area contributed by atoms with E-state index in [-0.39, 0.29) is 11.5 Å². The lowest BCUT2D eigenvalue weighted by Gasteiger charge is -2.35. The summed E-state index contributed by atoms with van der Waals surface area (Å²) in [6.45, 7) is 6.64. The molecule has 1 saturated heterocycles. The maximum atomic E-state index is 13.0. The Hall–Kier alpha value is -1.64. The lowest BCUT2D eigenvalue weighted by Crippen LogP contribution is -2.43. The molecule has 1 aliphatic heterocycles. The van der Waals surface area contributed by atoms with Crippen LogP contribution in [-0.4, -0.2) is 39.2 Å². The van der Waals surface area contributed by atoms with E-state index in [0.717, 1.165) is 25.0 Å². The minimum atomic E-state index is -0.00304. The van der Waals surface area contributed by atoms with Gasteiger partial charge in [0.1, 0.15) is 4.70 Å². The van der Waals surface area contributed by atoms with Crippen LogP contribution >= 0.6 is 34.4 Å². The van der Waals surface area contributed by atoms with Gasteiger partial charge in [-0.3, -0.25) is 14.2 Å². The first-order valence-corrected chi connectivity index (χ1v) is 12.7. The van der Waals surface area contributed by atoms with Crippen LogP contribution in [0, 0.1) is 11.8 Å². The molecule has 4 rings (SSSR count). The molecule has 0 bridgehead atoms. The predicted molar refractivity (Wildman–Crippen MR) is 122 cm³/mol. The van der Waals surface area contributed by atoms with Crippen LogP contribution in [0.2, 0.25) is 0 Å². The molecule has 0 unspecified atom stereocenters. The zero-order chi connectivity index (χ0) is 20.4. The van der Waals surface area contributed by atoms with Crippen LogP contribution in [0.15, 0.2) is 38.9 Å². The van der Waals surface area contributed by atoms with E-state index in [2.05, 4.69) is 19.9 Å². The summed E-state index contributed by atoms with van der Waals surface area (Å²) in [6, 6.07) is 5.99. The topological polar surface area (TPSA) is 55.2 Å². The Kier molecular flexibility index (Phi) is 6.41. The summed E-state index contributed by atoms with van der Waals surface area (Å²) >= 11 is 4.52. The lowest BCUT2D eigenvalue weighted by molar-refractivity contribution is -0.130. The Morgan fingerprint density at radius 1 is 1.21 bits per heavy atom. The summed E-state index contributed by atoms with van der Waals surface area (Å²) in [5.41, 5.74) is 0.722. The number of carbonyl (C=O) groups is 1. The highest BCUT2D eigenvalue weighted by atomic mass is 32.2. The van der Waals surface area contributed by atoms with Crippen LogP contribution in [0.3, 0.4) is 0 Å². The highest BCUT2D eigenvalue weighted by Crippen LogP contribution is 2.25. The van der Waals surface area contributed by atoms with E-state index in [0.29, 0.717) is 34.0 Å². The summed E-state index contributed by atoms with van der Waals surface area (Å²) in [5, 5.41) is 4.59. The molecular formula is C21H25N3O2S3. The Labute approximate surface area is 182 Å². The van der Waals surface area contributed by atoms with Crippen LogP contribution in [-0.2, 0) is 17.8 Å². The minimum absolute atomic E-state index is 0.00304. The average Bonchev–Trinajstić information content (AvgIpc) is 3.36. The first-order valence-electron chi connectivity index (χ1n) is 9.92. The molecule has 0 N–H and O–H groups in total. The molecule has 5 nitrogen and oxygen atoms in total. The lowest BCUT2D eigenvalue weighted by atomic mass is 9.92. The van der Waals surface area contributed by atoms with Gasteiger partial charge in [-0.05, 0) is 47.6 Å². The number of nitrogens with zero attached hydrogens (tertiary/aromatic N) is 3. The first-order chi connectivity index (χ1) is 14.0. The average molecular weight is 448 g/mol. The number of rotatable bonds is 6. The van der Waals surface area contributed by atoms with E-state index in [1.807, 2.05) is 27.8 Å². The van der Waals surface area contributed by atoms with Crippen molar-refractivity contribution in [1.29, 1.82) is 0 Å². The number of aromatic nitrogens is 2. The molecular weight excluding hydrogens is 422 g/mol. The van der Waals surface area contributed by atoms with Gasteiger partial charge in [-0.2, -0.15) is 0 Å². The van der Waals surface area contributed by atoms with Crippen molar-refractivity contribution in [2.24, 2.45) is 11.8 Å². The molecule has 4 heterocycles. The fourth-order valence-electron chi connectivity index (χ4n) is 3.99. The Morgan fingerprint density at radius 2 is 2.00 bits per heavy atom. The van der Waals surface area contributed by atoms with Gasteiger partial charge in [0.05, 0.1) is 11.3 Å². The number of hydrogen-bond acceptors (Lipinski definition) is 6. The van der Waals surface area contributed by atoms with Crippen molar-refractivity contribution in [2.75, 3.05) is 18.8 Å². The van der Waals surface area contributed by atoms with Gasteiger partial charge < -0.3 is 4.90 Å². The molecule has 29 heavy (non-hydrogen) atoms. The zero-order valence-electron chi connectivity index (χ0n) is 16.7. The number of likely N-dealkylation sites (tertiary alicyclic amines) is 1. The number of fused-ring (bicyclic) bond motifs is 1. The maximum absolute atomic E-state index is 13.0. The molecule has 0 aromatic carbocycles. The van der Waals surface area contributed by atoms with Crippen molar-refractivity contribution in [3.05, 3.63) is 44.2 Å². The molecule has 2 atom stereocenters. The molecule has 1 aliphatic rings. The van der Waals surface area contributed by atoms with Crippen molar-refractivity contribution in [2.45, 2.75) is 38.4 Å². The molecule has 0 aliphatic carbocycles. The first kappa shape index (κ1) is 20.6. The zero-order valence-corrected chi connectivity index (χ0v) is 19.1. The molecule has 8 heteroatoms. The van der Waals surface area contributed by atoms with Crippen molar-refractivity contribution in [3.63, 3.8) is 0 Å². The van der Waals surface area contributed by atoms with Gasteiger partial charge in [0.15, 0.2) is 5.16 Å². The highest BCUT2D eigenvalue weighted by molar-refractivity contribution is 7.99. The number of amides is 1. The van der Waals surface area contributed by atoms with Gasteiger partial charge in [0, 0.05) is 24.5 Å². The van der Waals surface area contributed by atoms with E-state index in [1.54, 1.807) is 15.9 Å². The third kappa shape index (κ3) is 4.75. The summed E-state index contributed by atoms with van der Waals surface area (Å²) in [5.74, 6) is 1.53. The van der Waals surface area contributed by atoms with Gasteiger partial charge in [0.2, 0.25) is 5.91 Å². The molecule has 154 valence electrons. The van der Waals surface area contributed by atoms with E-state index in [1.165, 1.54) is 34.4 Å². The van der Waals surface area contributed by atoms with Crippen molar-refractivity contribution < 1.29 is 4.79 Å². The summed E-state index contributed by atoms with van der Waals surface area (Å²) < 4.78 is 2.43.